The number of hydrogen-bond acceptors (Lipinski definition) is 5. The summed E-state index contributed by atoms with van der Waals surface area (Å²) < 4.78 is 0. The SMILES string of the molecule is CN(CC(=O)O)C1CCCN(CC(=O)NCCCSc2ccccc2)CC1.Cl. The minimum Gasteiger partial charge on any atom is -0.480 e. The standard InChI is InChI=1S/C20H31N3O3S.ClH/c1-22(16-20(25)26)17-7-5-12-23(13-10-17)15-19(24)21-11-6-14-27-18-8-3-2-4-9-18;/h2-4,8-9,17H,5-7,10-16H2,1H3,(H,21,24)(H,25,26);1H. The van der Waals surface area contributed by atoms with Gasteiger partial charge in [-0.25, -0.2) is 0 Å². The highest BCUT2D eigenvalue weighted by molar-refractivity contribution is 7.99. The van der Waals surface area contributed by atoms with E-state index in [-0.39, 0.29) is 30.9 Å². The van der Waals surface area contributed by atoms with Crippen molar-refractivity contribution in [3.8, 4) is 0 Å². The molecule has 0 spiro atoms. The van der Waals surface area contributed by atoms with Crippen LogP contribution in [0.4, 0.5) is 0 Å². The molecule has 1 aromatic rings. The lowest BCUT2D eigenvalue weighted by Gasteiger charge is -2.25. The smallest absolute Gasteiger partial charge is 0.317 e. The average Bonchev–Trinajstić information content (AvgIpc) is 2.87. The monoisotopic (exact) mass is 429 g/mol. The zero-order chi connectivity index (χ0) is 19.5. The van der Waals surface area contributed by atoms with E-state index in [0.717, 1.165) is 44.5 Å². The Labute approximate surface area is 178 Å². The van der Waals surface area contributed by atoms with Gasteiger partial charge in [0, 0.05) is 24.0 Å². The van der Waals surface area contributed by atoms with Gasteiger partial charge in [-0.3, -0.25) is 19.4 Å². The molecule has 6 nitrogen and oxygen atoms in total. The Morgan fingerprint density at radius 2 is 2.00 bits per heavy atom. The molecule has 158 valence electrons. The van der Waals surface area contributed by atoms with Crippen molar-refractivity contribution < 1.29 is 14.7 Å². The summed E-state index contributed by atoms with van der Waals surface area (Å²) in [6.07, 6.45) is 3.84. The number of nitrogens with zero attached hydrogens (tertiary/aromatic N) is 2. The number of hydrogen-bond donors (Lipinski definition) is 2. The maximum absolute atomic E-state index is 12.2. The molecule has 0 bridgehead atoms. The first-order valence-corrected chi connectivity index (χ1v) is 10.6. The van der Waals surface area contributed by atoms with Gasteiger partial charge in [-0.1, -0.05) is 18.2 Å². The minimum absolute atomic E-state index is 0. The molecule has 0 aromatic heterocycles. The van der Waals surface area contributed by atoms with Crippen molar-refractivity contribution in [2.45, 2.75) is 36.6 Å². The number of carboxylic acid groups (broad SMARTS) is 1. The highest BCUT2D eigenvalue weighted by Crippen LogP contribution is 2.17. The number of rotatable bonds is 10. The number of likely N-dealkylation sites (tertiary alicyclic amines) is 1. The first kappa shape index (κ1) is 24.8. The van der Waals surface area contributed by atoms with Crippen LogP contribution in [0.3, 0.4) is 0 Å². The third-order valence-corrected chi connectivity index (χ3v) is 5.92. The molecular weight excluding hydrogens is 398 g/mol. The maximum atomic E-state index is 12.2. The number of likely N-dealkylation sites (N-methyl/N-ethyl adjacent to an activating group) is 1. The highest BCUT2D eigenvalue weighted by atomic mass is 35.5. The Balaban J connectivity index is 0.00000392. The number of thioether (sulfide) groups is 1. The number of benzene rings is 1. The summed E-state index contributed by atoms with van der Waals surface area (Å²) >= 11 is 1.81. The van der Waals surface area contributed by atoms with E-state index in [1.165, 1.54) is 4.90 Å². The Hall–Kier alpha value is -1.28. The number of carboxylic acids is 1. The molecule has 2 N–H and O–H groups in total. The second kappa shape index (κ2) is 13.8. The fourth-order valence-electron chi connectivity index (χ4n) is 3.35. The summed E-state index contributed by atoms with van der Waals surface area (Å²) in [7, 11) is 1.87. The van der Waals surface area contributed by atoms with Crippen LogP contribution in [0, 0.1) is 0 Å². The predicted molar refractivity (Wildman–Crippen MR) is 116 cm³/mol. The van der Waals surface area contributed by atoms with Gasteiger partial charge in [0.25, 0.3) is 0 Å². The zero-order valence-corrected chi connectivity index (χ0v) is 18.1. The van der Waals surface area contributed by atoms with Crippen molar-refractivity contribution in [3.05, 3.63) is 30.3 Å². The molecule has 1 unspecified atom stereocenters. The van der Waals surface area contributed by atoms with E-state index in [4.69, 9.17) is 5.11 Å². The molecule has 0 radical (unpaired) electrons. The molecule has 1 aromatic carbocycles. The van der Waals surface area contributed by atoms with Crippen molar-refractivity contribution >= 4 is 36.0 Å². The molecule has 1 heterocycles. The van der Waals surface area contributed by atoms with Crippen molar-refractivity contribution in [1.82, 2.24) is 15.1 Å². The second-order valence-electron chi connectivity index (χ2n) is 7.03. The van der Waals surface area contributed by atoms with Crippen molar-refractivity contribution in [2.75, 3.05) is 45.5 Å². The summed E-state index contributed by atoms with van der Waals surface area (Å²) in [6.45, 7) is 2.95. The summed E-state index contributed by atoms with van der Waals surface area (Å²) in [5.74, 6) is 0.284. The second-order valence-corrected chi connectivity index (χ2v) is 8.20. The molecule has 2 rings (SSSR count). The third-order valence-electron chi connectivity index (χ3n) is 4.82. The lowest BCUT2D eigenvalue weighted by Crippen LogP contribution is -2.39. The van der Waals surface area contributed by atoms with Crippen molar-refractivity contribution in [3.63, 3.8) is 0 Å². The molecule has 1 fully saturated rings. The van der Waals surface area contributed by atoms with E-state index in [1.807, 2.05) is 41.9 Å². The average molecular weight is 430 g/mol. The summed E-state index contributed by atoms with van der Waals surface area (Å²) in [5.41, 5.74) is 0. The summed E-state index contributed by atoms with van der Waals surface area (Å²) in [4.78, 5) is 28.4. The highest BCUT2D eigenvalue weighted by Gasteiger charge is 2.22. The number of halogens is 1. The Bertz CT molecular complexity index is 591. The van der Waals surface area contributed by atoms with E-state index in [9.17, 15) is 9.59 Å². The molecule has 28 heavy (non-hydrogen) atoms. The Kier molecular flexibility index (Phi) is 12.2. The van der Waals surface area contributed by atoms with Gasteiger partial charge < -0.3 is 10.4 Å². The molecule has 1 saturated heterocycles. The van der Waals surface area contributed by atoms with Gasteiger partial charge in [0.15, 0.2) is 0 Å². The zero-order valence-electron chi connectivity index (χ0n) is 16.5. The number of carbonyl (C=O) groups excluding carboxylic acids is 1. The van der Waals surface area contributed by atoms with Crippen LogP contribution in [0.2, 0.25) is 0 Å². The molecule has 0 saturated carbocycles. The summed E-state index contributed by atoms with van der Waals surface area (Å²) in [6, 6.07) is 10.6. The van der Waals surface area contributed by atoms with Gasteiger partial charge in [-0.15, -0.1) is 24.2 Å². The fourth-order valence-corrected chi connectivity index (χ4v) is 4.22. The van der Waals surface area contributed by atoms with Crippen LogP contribution in [-0.4, -0.2) is 78.3 Å². The van der Waals surface area contributed by atoms with Crippen LogP contribution in [-0.2, 0) is 9.59 Å². The first-order valence-electron chi connectivity index (χ1n) is 9.63. The normalized spacial score (nSPS) is 17.6. The number of nitrogens with one attached hydrogen (secondary N) is 1. The van der Waals surface area contributed by atoms with Gasteiger partial charge >= 0.3 is 5.97 Å². The van der Waals surface area contributed by atoms with Crippen LogP contribution in [0.25, 0.3) is 0 Å². The Morgan fingerprint density at radius 3 is 2.71 bits per heavy atom. The molecular formula is C20H32ClN3O3S. The Morgan fingerprint density at radius 1 is 1.25 bits per heavy atom. The lowest BCUT2D eigenvalue weighted by atomic mass is 10.1. The van der Waals surface area contributed by atoms with Gasteiger partial charge in [0.2, 0.25) is 5.91 Å². The molecule has 8 heteroatoms. The molecule has 1 aliphatic rings. The number of aliphatic carboxylic acids is 1. The fraction of sp³-hybridized carbons (Fsp3) is 0.600. The topological polar surface area (TPSA) is 72.9 Å². The van der Waals surface area contributed by atoms with Gasteiger partial charge in [0.05, 0.1) is 13.1 Å². The van der Waals surface area contributed by atoms with E-state index in [1.54, 1.807) is 0 Å². The van der Waals surface area contributed by atoms with Crippen LogP contribution in [0.5, 0.6) is 0 Å². The van der Waals surface area contributed by atoms with E-state index >= 15 is 0 Å². The molecule has 1 atom stereocenters. The van der Waals surface area contributed by atoms with Crippen LogP contribution in [0.15, 0.2) is 35.2 Å². The van der Waals surface area contributed by atoms with Crippen LogP contribution in [0.1, 0.15) is 25.7 Å². The van der Waals surface area contributed by atoms with E-state index in [2.05, 4.69) is 22.3 Å². The lowest BCUT2D eigenvalue weighted by molar-refractivity contribution is -0.138. The third kappa shape index (κ3) is 9.78. The van der Waals surface area contributed by atoms with E-state index < -0.39 is 5.97 Å². The van der Waals surface area contributed by atoms with Gasteiger partial charge in [-0.05, 0) is 57.2 Å². The first-order chi connectivity index (χ1) is 13.0. The van der Waals surface area contributed by atoms with Gasteiger partial charge in [0.1, 0.15) is 0 Å². The van der Waals surface area contributed by atoms with Crippen LogP contribution < -0.4 is 5.32 Å². The van der Waals surface area contributed by atoms with Crippen molar-refractivity contribution in [1.29, 1.82) is 0 Å². The number of carbonyl (C=O) groups is 2. The molecule has 0 aliphatic carbocycles. The van der Waals surface area contributed by atoms with E-state index in [0.29, 0.717) is 13.1 Å². The quantitative estimate of drug-likeness (QED) is 0.440. The maximum Gasteiger partial charge on any atom is 0.317 e. The van der Waals surface area contributed by atoms with Gasteiger partial charge in [-0.2, -0.15) is 0 Å². The molecule has 1 amide bonds. The summed E-state index contributed by atoms with van der Waals surface area (Å²) in [5, 5.41) is 11.9. The van der Waals surface area contributed by atoms with Crippen LogP contribution >= 0.6 is 24.2 Å². The largest absolute Gasteiger partial charge is 0.480 e. The predicted octanol–water partition coefficient (Wildman–Crippen LogP) is 2.58. The van der Waals surface area contributed by atoms with Crippen molar-refractivity contribution in [2.24, 2.45) is 0 Å². The number of amides is 1. The minimum atomic E-state index is -0.789. The molecule has 1 aliphatic heterocycles.